The second-order valence-electron chi connectivity index (χ2n) is 5.67. The largest absolute Gasteiger partial charge is 0.366 e. The van der Waals surface area contributed by atoms with Crippen LogP contribution in [-0.4, -0.2) is 47.3 Å². The minimum atomic E-state index is -0.513. The maximum atomic E-state index is 12.3. The molecule has 4 amide bonds. The van der Waals surface area contributed by atoms with E-state index in [9.17, 15) is 14.4 Å². The van der Waals surface area contributed by atoms with E-state index in [1.54, 1.807) is 21.9 Å². The normalized spacial score (nSPS) is 18.6. The molecule has 0 saturated carbocycles. The van der Waals surface area contributed by atoms with E-state index in [2.05, 4.69) is 5.32 Å². The summed E-state index contributed by atoms with van der Waals surface area (Å²) in [5.41, 5.74) is 7.24. The molecule has 0 aromatic heterocycles. The Bertz CT molecular complexity index is 623. The number of amides is 4. The van der Waals surface area contributed by atoms with Crippen LogP contribution in [0.4, 0.5) is 10.5 Å². The molecule has 7 nitrogen and oxygen atoms in total. The molecule has 0 aliphatic carbocycles. The lowest BCUT2D eigenvalue weighted by atomic mass is 10.0. The zero-order chi connectivity index (χ0) is 15.7. The van der Waals surface area contributed by atoms with Crippen molar-refractivity contribution in [2.75, 3.05) is 18.4 Å². The number of hydrogen-bond acceptors (Lipinski definition) is 3. The molecule has 0 unspecified atom stereocenters. The number of nitrogens with one attached hydrogen (secondary N) is 1. The van der Waals surface area contributed by atoms with Gasteiger partial charge >= 0.3 is 6.03 Å². The molecule has 1 fully saturated rings. The number of carbonyl (C=O) groups excluding carboxylic acids is 3. The van der Waals surface area contributed by atoms with Gasteiger partial charge in [-0.3, -0.25) is 9.59 Å². The molecule has 2 heterocycles. The highest BCUT2D eigenvalue weighted by atomic mass is 16.2. The Labute approximate surface area is 128 Å². The van der Waals surface area contributed by atoms with Crippen molar-refractivity contribution in [2.24, 2.45) is 5.73 Å². The van der Waals surface area contributed by atoms with Crippen molar-refractivity contribution in [1.82, 2.24) is 9.80 Å². The molecular weight excluding hydrogens is 284 g/mol. The van der Waals surface area contributed by atoms with Gasteiger partial charge in [0.2, 0.25) is 12.3 Å². The summed E-state index contributed by atoms with van der Waals surface area (Å²) in [5.74, 6) is -0.513. The van der Waals surface area contributed by atoms with Gasteiger partial charge in [-0.05, 0) is 30.5 Å². The number of likely N-dealkylation sites (tertiary alicyclic amines) is 1. The van der Waals surface area contributed by atoms with Gasteiger partial charge in [0.1, 0.15) is 0 Å². The standard InChI is InChI=1S/C15H18N4O3/c16-14(21)10-1-2-11-8-19(15(22)17-13(11)7-10)12-3-5-18(9-20)6-4-12/h1-2,7,9,12H,3-6,8H2,(H2,16,21)(H,17,22). The van der Waals surface area contributed by atoms with Crippen LogP contribution in [0.1, 0.15) is 28.8 Å². The van der Waals surface area contributed by atoms with Crippen molar-refractivity contribution in [3.8, 4) is 0 Å². The summed E-state index contributed by atoms with van der Waals surface area (Å²) in [7, 11) is 0. The number of benzene rings is 1. The molecule has 1 aromatic carbocycles. The molecule has 1 saturated heterocycles. The molecule has 1 aromatic rings. The third-order valence-electron chi connectivity index (χ3n) is 4.33. The second kappa shape index (κ2) is 5.67. The minimum absolute atomic E-state index is 0.125. The first-order chi connectivity index (χ1) is 10.6. The SMILES string of the molecule is NC(=O)c1ccc2c(c1)NC(=O)N(C1CCN(C=O)CC1)C2. The van der Waals surface area contributed by atoms with Gasteiger partial charge in [0, 0.05) is 36.9 Å². The van der Waals surface area contributed by atoms with Crippen LogP contribution < -0.4 is 11.1 Å². The summed E-state index contributed by atoms with van der Waals surface area (Å²) in [5, 5.41) is 2.82. The average molecular weight is 302 g/mol. The second-order valence-corrected chi connectivity index (χ2v) is 5.67. The van der Waals surface area contributed by atoms with Crippen LogP contribution >= 0.6 is 0 Å². The Morgan fingerprint density at radius 3 is 2.68 bits per heavy atom. The summed E-state index contributed by atoms with van der Waals surface area (Å²) in [6.45, 7) is 1.85. The van der Waals surface area contributed by atoms with E-state index in [4.69, 9.17) is 5.73 Å². The number of nitrogens with two attached hydrogens (primary N) is 1. The van der Waals surface area contributed by atoms with Gasteiger partial charge in [0.25, 0.3) is 0 Å². The van der Waals surface area contributed by atoms with Crippen molar-refractivity contribution in [1.29, 1.82) is 0 Å². The third kappa shape index (κ3) is 2.61. The van der Waals surface area contributed by atoms with Gasteiger partial charge in [-0.25, -0.2) is 4.79 Å². The summed E-state index contributed by atoms with van der Waals surface area (Å²) < 4.78 is 0. The van der Waals surface area contributed by atoms with Crippen LogP contribution in [0.3, 0.4) is 0 Å². The molecule has 7 heteroatoms. The van der Waals surface area contributed by atoms with Gasteiger partial charge < -0.3 is 20.9 Å². The van der Waals surface area contributed by atoms with Gasteiger partial charge in [0.05, 0.1) is 0 Å². The molecule has 3 N–H and O–H groups in total. The van der Waals surface area contributed by atoms with E-state index >= 15 is 0 Å². The fourth-order valence-electron chi connectivity index (χ4n) is 3.02. The lowest BCUT2D eigenvalue weighted by molar-refractivity contribution is -0.119. The number of hydrogen-bond donors (Lipinski definition) is 2. The molecule has 22 heavy (non-hydrogen) atoms. The zero-order valence-electron chi connectivity index (χ0n) is 12.1. The van der Waals surface area contributed by atoms with Crippen LogP contribution in [0, 0.1) is 0 Å². The van der Waals surface area contributed by atoms with Crippen molar-refractivity contribution in [3.63, 3.8) is 0 Å². The average Bonchev–Trinajstić information content (AvgIpc) is 2.53. The van der Waals surface area contributed by atoms with Crippen LogP contribution in [0.2, 0.25) is 0 Å². The van der Waals surface area contributed by atoms with E-state index < -0.39 is 5.91 Å². The van der Waals surface area contributed by atoms with Crippen molar-refractivity contribution < 1.29 is 14.4 Å². The molecule has 0 radical (unpaired) electrons. The zero-order valence-corrected chi connectivity index (χ0v) is 12.1. The third-order valence-corrected chi connectivity index (χ3v) is 4.33. The molecule has 2 aliphatic heterocycles. The highest BCUT2D eigenvalue weighted by Gasteiger charge is 2.31. The predicted molar refractivity (Wildman–Crippen MR) is 80.2 cm³/mol. The first-order valence-electron chi connectivity index (χ1n) is 7.28. The van der Waals surface area contributed by atoms with E-state index in [0.717, 1.165) is 24.8 Å². The van der Waals surface area contributed by atoms with Crippen LogP contribution in [0.25, 0.3) is 0 Å². The quantitative estimate of drug-likeness (QED) is 0.807. The lowest BCUT2D eigenvalue weighted by Gasteiger charge is -2.39. The highest BCUT2D eigenvalue weighted by Crippen LogP contribution is 2.28. The van der Waals surface area contributed by atoms with E-state index in [1.165, 1.54) is 0 Å². The first-order valence-corrected chi connectivity index (χ1v) is 7.28. The molecule has 0 spiro atoms. The topological polar surface area (TPSA) is 95.7 Å². The number of fused-ring (bicyclic) bond motifs is 1. The van der Waals surface area contributed by atoms with Gasteiger partial charge in [-0.15, -0.1) is 0 Å². The fourth-order valence-corrected chi connectivity index (χ4v) is 3.02. The minimum Gasteiger partial charge on any atom is -0.366 e. The molecule has 0 bridgehead atoms. The first kappa shape index (κ1) is 14.4. The Morgan fingerprint density at radius 1 is 1.32 bits per heavy atom. The molecule has 2 aliphatic rings. The van der Waals surface area contributed by atoms with Gasteiger partial charge in [-0.1, -0.05) is 6.07 Å². The van der Waals surface area contributed by atoms with Gasteiger partial charge in [0.15, 0.2) is 0 Å². The summed E-state index contributed by atoms with van der Waals surface area (Å²) in [6, 6.07) is 5.06. The van der Waals surface area contributed by atoms with Crippen molar-refractivity contribution in [3.05, 3.63) is 29.3 Å². The molecule has 3 rings (SSSR count). The van der Waals surface area contributed by atoms with Crippen LogP contribution in [0.5, 0.6) is 0 Å². The molecule has 116 valence electrons. The number of carbonyl (C=O) groups is 3. The number of urea groups is 1. The summed E-state index contributed by atoms with van der Waals surface area (Å²) in [6.07, 6.45) is 2.41. The monoisotopic (exact) mass is 302 g/mol. The lowest BCUT2D eigenvalue weighted by Crippen LogP contribution is -2.49. The molecule has 0 atom stereocenters. The van der Waals surface area contributed by atoms with Crippen molar-refractivity contribution >= 4 is 24.0 Å². The van der Waals surface area contributed by atoms with Gasteiger partial charge in [-0.2, -0.15) is 0 Å². The van der Waals surface area contributed by atoms with E-state index in [1.807, 2.05) is 6.07 Å². The Hall–Kier alpha value is -2.57. The number of nitrogens with zero attached hydrogens (tertiary/aromatic N) is 2. The van der Waals surface area contributed by atoms with Crippen molar-refractivity contribution in [2.45, 2.75) is 25.4 Å². The highest BCUT2D eigenvalue weighted by molar-refractivity contribution is 5.97. The van der Waals surface area contributed by atoms with E-state index in [0.29, 0.717) is 30.9 Å². The maximum absolute atomic E-state index is 12.3. The predicted octanol–water partition coefficient (Wildman–Crippen LogP) is 0.754. The number of anilines is 1. The smallest absolute Gasteiger partial charge is 0.322 e. The molecular formula is C15H18N4O3. The Kier molecular flexibility index (Phi) is 3.70. The van der Waals surface area contributed by atoms with Crippen LogP contribution in [-0.2, 0) is 11.3 Å². The maximum Gasteiger partial charge on any atom is 0.322 e. The Balaban J connectivity index is 1.76. The van der Waals surface area contributed by atoms with Crippen LogP contribution in [0.15, 0.2) is 18.2 Å². The number of primary amides is 1. The van der Waals surface area contributed by atoms with E-state index in [-0.39, 0.29) is 12.1 Å². The number of piperidine rings is 1. The number of rotatable bonds is 3. The fraction of sp³-hybridized carbons (Fsp3) is 0.400. The Morgan fingerprint density at radius 2 is 2.05 bits per heavy atom. The summed E-state index contributed by atoms with van der Waals surface area (Å²) >= 11 is 0. The summed E-state index contributed by atoms with van der Waals surface area (Å²) in [4.78, 5) is 37.8.